The molecule has 0 radical (unpaired) electrons. The van der Waals surface area contributed by atoms with Crippen LogP contribution < -0.4 is 15.2 Å². The third-order valence-corrected chi connectivity index (χ3v) is 5.40. The number of aromatic nitrogens is 1. The maximum absolute atomic E-state index is 11.8. The number of halogens is 3. The number of methoxy groups -OCH3 is 3. The van der Waals surface area contributed by atoms with Crippen LogP contribution in [0.5, 0.6) is 11.5 Å². The molecule has 1 atom stereocenters. The topological polar surface area (TPSA) is 130 Å². The Hall–Kier alpha value is -3.90. The van der Waals surface area contributed by atoms with Gasteiger partial charge in [-0.3, -0.25) is 9.78 Å². The van der Waals surface area contributed by atoms with Crippen molar-refractivity contribution in [2.24, 2.45) is 5.73 Å². The molecule has 0 saturated carbocycles. The largest absolute Gasteiger partial charge is 0.496 e. The molecule has 2 aromatic carbocycles. The second-order valence-corrected chi connectivity index (χ2v) is 7.84. The Morgan fingerprint density at radius 2 is 1.66 bits per heavy atom. The minimum absolute atomic E-state index is 0.356. The van der Waals surface area contributed by atoms with E-state index in [-0.39, 0.29) is 0 Å². The molecular weight excluding hydrogens is 509 g/mol. The fourth-order valence-corrected chi connectivity index (χ4v) is 3.66. The van der Waals surface area contributed by atoms with Gasteiger partial charge in [-0.2, -0.15) is 13.2 Å². The third kappa shape index (κ3) is 7.56. The van der Waals surface area contributed by atoms with Crippen LogP contribution in [0, 0.1) is 0 Å². The number of pyridine rings is 1. The zero-order chi connectivity index (χ0) is 28.5. The number of rotatable bonds is 9. The van der Waals surface area contributed by atoms with E-state index in [2.05, 4.69) is 4.98 Å². The number of ether oxygens (including phenoxy) is 4. The van der Waals surface area contributed by atoms with E-state index >= 15 is 0 Å². The van der Waals surface area contributed by atoms with Gasteiger partial charge in [0.15, 0.2) is 0 Å². The van der Waals surface area contributed by atoms with Gasteiger partial charge in [-0.05, 0) is 53.6 Å². The summed E-state index contributed by atoms with van der Waals surface area (Å²) >= 11 is 0. The fourth-order valence-electron chi connectivity index (χ4n) is 3.66. The van der Waals surface area contributed by atoms with Crippen molar-refractivity contribution >= 4 is 22.7 Å². The molecular formula is C26H29F3N2O7. The summed E-state index contributed by atoms with van der Waals surface area (Å²) in [6.45, 7) is 3.05. The SMILES string of the molecule is CCOCc1cc(OC)c(-c2ccc(CC(N)C(=O)OC)c3ccncc23)c(OC)c1.O=C(O)C(F)(F)F. The lowest BCUT2D eigenvalue weighted by Crippen LogP contribution is -2.33. The molecule has 0 aliphatic carbocycles. The molecule has 3 N–H and O–H groups in total. The lowest BCUT2D eigenvalue weighted by Gasteiger charge is -2.19. The lowest BCUT2D eigenvalue weighted by molar-refractivity contribution is -0.192. The number of aliphatic carboxylic acids is 1. The number of carboxylic acid groups (broad SMARTS) is 1. The predicted octanol–water partition coefficient (Wildman–Crippen LogP) is 4.13. The summed E-state index contributed by atoms with van der Waals surface area (Å²) in [5, 5.41) is 8.99. The maximum Gasteiger partial charge on any atom is 0.490 e. The highest BCUT2D eigenvalue weighted by Crippen LogP contribution is 2.43. The van der Waals surface area contributed by atoms with Crippen LogP contribution in [0.25, 0.3) is 21.9 Å². The van der Waals surface area contributed by atoms with Crippen molar-refractivity contribution in [3.63, 3.8) is 0 Å². The summed E-state index contributed by atoms with van der Waals surface area (Å²) in [5.41, 5.74) is 9.64. The Labute approximate surface area is 217 Å². The average Bonchev–Trinajstić information content (AvgIpc) is 2.90. The number of carbonyl (C=O) groups excluding carboxylic acids is 1. The first-order valence-corrected chi connectivity index (χ1v) is 11.3. The van der Waals surface area contributed by atoms with Crippen LogP contribution in [0.1, 0.15) is 18.1 Å². The lowest BCUT2D eigenvalue weighted by atomic mass is 9.92. The van der Waals surface area contributed by atoms with Gasteiger partial charge in [0.1, 0.15) is 17.5 Å². The molecule has 0 amide bonds. The molecule has 0 fully saturated rings. The van der Waals surface area contributed by atoms with E-state index in [1.165, 1.54) is 7.11 Å². The molecule has 38 heavy (non-hydrogen) atoms. The van der Waals surface area contributed by atoms with Crippen LogP contribution in [0.3, 0.4) is 0 Å². The Morgan fingerprint density at radius 3 is 2.16 bits per heavy atom. The molecule has 1 heterocycles. The minimum Gasteiger partial charge on any atom is -0.496 e. The summed E-state index contributed by atoms with van der Waals surface area (Å²) < 4.78 is 53.5. The van der Waals surface area contributed by atoms with E-state index in [1.807, 2.05) is 37.3 Å². The van der Waals surface area contributed by atoms with Gasteiger partial charge in [0.25, 0.3) is 0 Å². The number of hydrogen-bond acceptors (Lipinski definition) is 8. The van der Waals surface area contributed by atoms with Crippen molar-refractivity contribution in [1.82, 2.24) is 4.98 Å². The first kappa shape index (κ1) is 30.3. The van der Waals surface area contributed by atoms with E-state index in [0.717, 1.165) is 33.0 Å². The third-order valence-electron chi connectivity index (χ3n) is 5.40. The van der Waals surface area contributed by atoms with Gasteiger partial charge in [-0.25, -0.2) is 4.79 Å². The molecule has 0 bridgehead atoms. The Morgan fingerprint density at radius 1 is 1.05 bits per heavy atom. The number of benzene rings is 2. The van der Waals surface area contributed by atoms with Crippen molar-refractivity contribution in [1.29, 1.82) is 0 Å². The van der Waals surface area contributed by atoms with Gasteiger partial charge in [0.05, 0.1) is 33.5 Å². The van der Waals surface area contributed by atoms with Crippen LogP contribution >= 0.6 is 0 Å². The van der Waals surface area contributed by atoms with E-state index in [1.54, 1.807) is 26.6 Å². The standard InChI is InChI=1S/C24H28N2O5.C2HF3O2/c1-5-31-14-15-10-21(28-2)23(22(11-15)29-3)18-7-6-16(12-20(25)24(27)30-4)17-8-9-26-13-19(17)18;3-2(4,5)1(6)7/h6-11,13,20H,5,12,14,25H2,1-4H3;(H,6,7). The Bertz CT molecular complexity index is 1240. The molecule has 206 valence electrons. The number of carbonyl (C=O) groups is 2. The quantitative estimate of drug-likeness (QED) is 0.386. The van der Waals surface area contributed by atoms with Crippen LogP contribution in [0.15, 0.2) is 42.7 Å². The van der Waals surface area contributed by atoms with Gasteiger partial charge in [0, 0.05) is 24.4 Å². The summed E-state index contributed by atoms with van der Waals surface area (Å²) in [5.74, 6) is -1.84. The van der Waals surface area contributed by atoms with E-state index in [0.29, 0.717) is 31.1 Å². The van der Waals surface area contributed by atoms with E-state index in [9.17, 15) is 18.0 Å². The zero-order valence-corrected chi connectivity index (χ0v) is 21.3. The van der Waals surface area contributed by atoms with Gasteiger partial charge in [-0.15, -0.1) is 0 Å². The number of esters is 1. The van der Waals surface area contributed by atoms with Crippen molar-refractivity contribution < 1.29 is 46.8 Å². The summed E-state index contributed by atoms with van der Waals surface area (Å²) in [4.78, 5) is 25.0. The monoisotopic (exact) mass is 538 g/mol. The Kier molecular flexibility index (Phi) is 10.8. The Balaban J connectivity index is 0.000000638. The molecule has 1 unspecified atom stereocenters. The molecule has 0 saturated heterocycles. The highest BCUT2D eigenvalue weighted by molar-refractivity contribution is 6.01. The molecule has 0 aliphatic heterocycles. The summed E-state index contributed by atoms with van der Waals surface area (Å²) in [6, 6.07) is 9.03. The summed E-state index contributed by atoms with van der Waals surface area (Å²) in [6.07, 6.45) is -1.21. The highest BCUT2D eigenvalue weighted by Gasteiger charge is 2.38. The van der Waals surface area contributed by atoms with E-state index in [4.69, 9.17) is 34.6 Å². The number of carboxylic acids is 1. The molecule has 3 aromatic rings. The fraction of sp³-hybridized carbons (Fsp3) is 0.346. The van der Waals surface area contributed by atoms with Crippen molar-refractivity contribution in [3.8, 4) is 22.6 Å². The number of nitrogens with two attached hydrogens (primary N) is 1. The van der Waals surface area contributed by atoms with Gasteiger partial charge in [-0.1, -0.05) is 12.1 Å². The molecule has 9 nitrogen and oxygen atoms in total. The second kappa shape index (κ2) is 13.6. The zero-order valence-electron chi connectivity index (χ0n) is 21.3. The normalized spacial score (nSPS) is 11.8. The second-order valence-electron chi connectivity index (χ2n) is 7.84. The molecule has 1 aromatic heterocycles. The predicted molar refractivity (Wildman–Crippen MR) is 133 cm³/mol. The van der Waals surface area contributed by atoms with Gasteiger partial charge in [0.2, 0.25) is 0 Å². The maximum atomic E-state index is 11.8. The van der Waals surface area contributed by atoms with Crippen molar-refractivity contribution in [2.45, 2.75) is 32.2 Å². The van der Waals surface area contributed by atoms with E-state index < -0.39 is 24.2 Å². The van der Waals surface area contributed by atoms with Crippen LogP contribution in [0.2, 0.25) is 0 Å². The number of nitrogens with zero attached hydrogens (tertiary/aromatic N) is 1. The van der Waals surface area contributed by atoms with Crippen LogP contribution in [-0.4, -0.2) is 62.2 Å². The summed E-state index contributed by atoms with van der Waals surface area (Å²) in [7, 11) is 4.60. The number of fused-ring (bicyclic) bond motifs is 1. The minimum atomic E-state index is -5.08. The number of hydrogen-bond donors (Lipinski definition) is 2. The highest BCUT2D eigenvalue weighted by atomic mass is 19.4. The van der Waals surface area contributed by atoms with Gasteiger partial charge < -0.3 is 29.8 Å². The molecule has 12 heteroatoms. The van der Waals surface area contributed by atoms with Crippen molar-refractivity contribution in [2.75, 3.05) is 27.9 Å². The molecule has 0 spiro atoms. The average molecular weight is 539 g/mol. The number of alkyl halides is 3. The smallest absolute Gasteiger partial charge is 0.490 e. The molecule has 3 rings (SSSR count). The molecule has 0 aliphatic rings. The van der Waals surface area contributed by atoms with Gasteiger partial charge >= 0.3 is 18.1 Å². The van der Waals surface area contributed by atoms with Crippen LogP contribution in [0.4, 0.5) is 13.2 Å². The van der Waals surface area contributed by atoms with Crippen LogP contribution in [-0.2, 0) is 32.1 Å². The first-order valence-electron chi connectivity index (χ1n) is 11.3. The first-order chi connectivity index (χ1) is 18.0. The van der Waals surface area contributed by atoms with Crippen molar-refractivity contribution in [3.05, 3.63) is 53.9 Å².